The molecule has 0 spiro atoms. The zero-order valence-electron chi connectivity index (χ0n) is 20.0. The fourth-order valence-corrected chi connectivity index (χ4v) is 3.65. The van der Waals surface area contributed by atoms with Crippen LogP contribution >= 0.6 is 11.6 Å². The first kappa shape index (κ1) is 26.0. The van der Waals surface area contributed by atoms with E-state index in [1.54, 1.807) is 18.2 Å². The number of ether oxygens (including phenoxy) is 3. The number of hydrogen-bond acceptors (Lipinski definition) is 4. The molecule has 0 saturated carbocycles. The number of nitrogens with one attached hydrogen (secondary N) is 1. The monoisotopic (exact) mass is 461 g/mol. The van der Waals surface area contributed by atoms with E-state index in [1.165, 1.54) is 0 Å². The lowest BCUT2D eigenvalue weighted by molar-refractivity contribution is 0.0194. The first-order valence-corrected chi connectivity index (χ1v) is 11.7. The molecule has 0 aliphatic rings. The van der Waals surface area contributed by atoms with Crippen LogP contribution in [0.4, 0.5) is 0 Å². The van der Waals surface area contributed by atoms with Gasteiger partial charge in [0, 0.05) is 12.1 Å². The van der Waals surface area contributed by atoms with Crippen LogP contribution in [-0.2, 0) is 17.7 Å². The Morgan fingerprint density at radius 3 is 2.41 bits per heavy atom. The van der Waals surface area contributed by atoms with Gasteiger partial charge in [0.1, 0.15) is 11.5 Å². The van der Waals surface area contributed by atoms with Crippen molar-refractivity contribution in [2.24, 2.45) is 0 Å². The number of rotatable bonds is 12. The predicted octanol–water partition coefficient (Wildman–Crippen LogP) is 6.20. The molecule has 0 saturated heterocycles. The van der Waals surface area contributed by atoms with E-state index in [0.717, 1.165) is 29.7 Å². The van der Waals surface area contributed by atoms with Gasteiger partial charge in [0.2, 0.25) is 0 Å². The molecule has 0 aromatic heterocycles. The number of hydrogen-bond donors (Lipinski definition) is 1. The van der Waals surface area contributed by atoms with Crippen LogP contribution in [-0.4, -0.2) is 30.8 Å². The molecule has 5 nitrogen and oxygen atoms in total. The highest BCUT2D eigenvalue weighted by Gasteiger charge is 2.14. The molecule has 2 aromatic carbocycles. The van der Waals surface area contributed by atoms with Gasteiger partial charge in [-0.2, -0.15) is 0 Å². The van der Waals surface area contributed by atoms with Gasteiger partial charge >= 0.3 is 0 Å². The van der Waals surface area contributed by atoms with Gasteiger partial charge < -0.3 is 19.5 Å². The van der Waals surface area contributed by atoms with Crippen molar-refractivity contribution in [2.45, 2.75) is 79.2 Å². The van der Waals surface area contributed by atoms with Crippen LogP contribution in [0.2, 0.25) is 5.02 Å². The lowest BCUT2D eigenvalue weighted by atomic mass is 10.0. The van der Waals surface area contributed by atoms with Gasteiger partial charge in [0.25, 0.3) is 5.91 Å². The fraction of sp³-hybridized carbons (Fsp3) is 0.500. The number of amides is 1. The third kappa shape index (κ3) is 8.36. The molecule has 0 fully saturated rings. The van der Waals surface area contributed by atoms with Crippen LogP contribution in [0.3, 0.4) is 0 Å². The van der Waals surface area contributed by atoms with Crippen LogP contribution in [0.1, 0.15) is 69.4 Å². The maximum Gasteiger partial charge on any atom is 0.253 e. The van der Waals surface area contributed by atoms with Crippen LogP contribution in [0.5, 0.6) is 11.5 Å². The van der Waals surface area contributed by atoms with Crippen molar-refractivity contribution in [1.29, 1.82) is 0 Å². The number of carbonyl (C=O) groups excluding carboxylic acids is 1. The predicted molar refractivity (Wildman–Crippen MR) is 130 cm³/mol. The maximum absolute atomic E-state index is 12.8. The zero-order valence-corrected chi connectivity index (χ0v) is 20.8. The zero-order chi connectivity index (χ0) is 23.7. The molecular formula is C26H36ClNO4. The quantitative estimate of drug-likeness (QED) is 0.408. The van der Waals surface area contributed by atoms with Gasteiger partial charge in [-0.1, -0.05) is 30.7 Å². The molecule has 0 bridgehead atoms. The molecule has 6 heteroatoms. The Morgan fingerprint density at radius 2 is 1.78 bits per heavy atom. The van der Waals surface area contributed by atoms with E-state index in [4.69, 9.17) is 25.8 Å². The lowest BCUT2D eigenvalue weighted by Crippen LogP contribution is -2.24. The number of carbonyl (C=O) groups is 1. The van der Waals surface area contributed by atoms with E-state index in [-0.39, 0.29) is 24.2 Å². The SMILES string of the molecule is CCCOc1ccc(CC(C)OC(C)C)cc1CNC(=O)c1ccc(OC(C)C)cc1Cl. The molecule has 0 radical (unpaired) electrons. The minimum atomic E-state index is -0.241. The topological polar surface area (TPSA) is 56.8 Å². The first-order valence-electron chi connectivity index (χ1n) is 11.3. The van der Waals surface area contributed by atoms with E-state index in [2.05, 4.69) is 31.3 Å². The summed E-state index contributed by atoms with van der Waals surface area (Å²) in [6, 6.07) is 11.2. The van der Waals surface area contributed by atoms with Gasteiger partial charge in [-0.15, -0.1) is 0 Å². The molecule has 0 aliphatic carbocycles. The van der Waals surface area contributed by atoms with Crippen molar-refractivity contribution in [3.63, 3.8) is 0 Å². The minimum Gasteiger partial charge on any atom is -0.493 e. The second-order valence-corrected chi connectivity index (χ2v) is 8.89. The largest absolute Gasteiger partial charge is 0.493 e. The van der Waals surface area contributed by atoms with E-state index in [0.29, 0.717) is 29.5 Å². The lowest BCUT2D eigenvalue weighted by Gasteiger charge is -2.18. The molecule has 176 valence electrons. The molecule has 1 unspecified atom stereocenters. The summed E-state index contributed by atoms with van der Waals surface area (Å²) in [5.41, 5.74) is 2.48. The summed E-state index contributed by atoms with van der Waals surface area (Å²) in [5.74, 6) is 1.18. The van der Waals surface area contributed by atoms with Crippen molar-refractivity contribution in [1.82, 2.24) is 5.32 Å². The summed E-state index contributed by atoms with van der Waals surface area (Å²) in [6.45, 7) is 13.0. The van der Waals surface area contributed by atoms with E-state index in [9.17, 15) is 4.79 Å². The molecule has 32 heavy (non-hydrogen) atoms. The smallest absolute Gasteiger partial charge is 0.253 e. The van der Waals surface area contributed by atoms with Gasteiger partial charge in [-0.05, 0) is 77.3 Å². The van der Waals surface area contributed by atoms with Crippen molar-refractivity contribution in [3.8, 4) is 11.5 Å². The molecule has 0 aliphatic heterocycles. The van der Waals surface area contributed by atoms with Gasteiger partial charge in [-0.25, -0.2) is 0 Å². The van der Waals surface area contributed by atoms with E-state index < -0.39 is 0 Å². The fourth-order valence-electron chi connectivity index (χ4n) is 3.39. The highest BCUT2D eigenvalue weighted by atomic mass is 35.5. The summed E-state index contributed by atoms with van der Waals surface area (Å²) in [5, 5.41) is 3.33. The maximum atomic E-state index is 12.8. The Hall–Kier alpha value is -2.24. The second kappa shape index (κ2) is 12.7. The third-order valence-corrected chi connectivity index (χ3v) is 4.92. The van der Waals surface area contributed by atoms with Crippen LogP contribution < -0.4 is 14.8 Å². The normalized spacial score (nSPS) is 12.2. The van der Waals surface area contributed by atoms with Crippen molar-refractivity contribution in [2.75, 3.05) is 6.61 Å². The Bertz CT molecular complexity index is 882. The van der Waals surface area contributed by atoms with Gasteiger partial charge in [-0.3, -0.25) is 4.79 Å². The van der Waals surface area contributed by atoms with Gasteiger partial charge in [0.05, 0.1) is 35.5 Å². The van der Waals surface area contributed by atoms with Gasteiger partial charge in [0.15, 0.2) is 0 Å². The Morgan fingerprint density at radius 1 is 1.03 bits per heavy atom. The molecule has 1 amide bonds. The number of benzene rings is 2. The Labute approximate surface area is 197 Å². The Balaban J connectivity index is 2.13. The van der Waals surface area contributed by atoms with Crippen LogP contribution in [0.25, 0.3) is 0 Å². The summed E-state index contributed by atoms with van der Waals surface area (Å²) < 4.78 is 17.4. The molecule has 0 heterocycles. The highest BCUT2D eigenvalue weighted by molar-refractivity contribution is 6.34. The first-order chi connectivity index (χ1) is 15.2. The molecule has 2 aromatic rings. The van der Waals surface area contributed by atoms with Crippen molar-refractivity contribution in [3.05, 3.63) is 58.1 Å². The second-order valence-electron chi connectivity index (χ2n) is 8.48. The van der Waals surface area contributed by atoms with Crippen LogP contribution in [0.15, 0.2) is 36.4 Å². The molecule has 1 atom stereocenters. The standard InChI is InChI=1S/C26H36ClNO4/c1-7-12-30-25-11-8-20(13-19(6)31-17(2)3)14-21(25)16-28-26(29)23-10-9-22(15-24(23)27)32-18(4)5/h8-11,14-15,17-19H,7,12-13,16H2,1-6H3,(H,28,29). The number of halogens is 1. The molecule has 1 N–H and O–H groups in total. The Kier molecular flexibility index (Phi) is 10.3. The summed E-state index contributed by atoms with van der Waals surface area (Å²) in [6.07, 6.45) is 2.01. The van der Waals surface area contributed by atoms with E-state index in [1.807, 2.05) is 33.8 Å². The average molecular weight is 462 g/mol. The van der Waals surface area contributed by atoms with Crippen molar-refractivity contribution < 1.29 is 19.0 Å². The average Bonchev–Trinajstić information content (AvgIpc) is 2.70. The summed E-state index contributed by atoms with van der Waals surface area (Å²) in [4.78, 5) is 12.8. The highest BCUT2D eigenvalue weighted by Crippen LogP contribution is 2.25. The summed E-state index contributed by atoms with van der Waals surface area (Å²) >= 11 is 6.33. The third-order valence-electron chi connectivity index (χ3n) is 4.61. The van der Waals surface area contributed by atoms with Crippen LogP contribution in [0, 0.1) is 0 Å². The molecular weight excluding hydrogens is 426 g/mol. The van der Waals surface area contributed by atoms with E-state index >= 15 is 0 Å². The molecule has 2 rings (SSSR count). The summed E-state index contributed by atoms with van der Waals surface area (Å²) in [7, 11) is 0. The van der Waals surface area contributed by atoms with Crippen molar-refractivity contribution >= 4 is 17.5 Å². The minimum absolute atomic E-state index is 0.0354.